The molecule has 1 N–H and O–H groups in total. The van der Waals surface area contributed by atoms with Gasteiger partial charge in [0.15, 0.2) is 5.78 Å². The van der Waals surface area contributed by atoms with E-state index >= 15 is 0 Å². The maximum Gasteiger partial charge on any atom is 0.152 e. The van der Waals surface area contributed by atoms with Crippen molar-refractivity contribution >= 4 is 11.9 Å². The summed E-state index contributed by atoms with van der Waals surface area (Å²) < 4.78 is 0. The molecule has 0 saturated carbocycles. The van der Waals surface area contributed by atoms with E-state index in [-0.39, 0.29) is 5.78 Å². The Balaban J connectivity index is 3.30. The van der Waals surface area contributed by atoms with Crippen LogP contribution in [0.25, 0.3) is 6.08 Å². The molecule has 1 aromatic carbocycles. The van der Waals surface area contributed by atoms with Crippen molar-refractivity contribution in [2.45, 2.75) is 27.7 Å². The minimum Gasteiger partial charge on any atom is -0.507 e. The van der Waals surface area contributed by atoms with Gasteiger partial charge in [-0.25, -0.2) is 0 Å². The molecule has 0 aliphatic rings. The second kappa shape index (κ2) is 4.30. The zero-order valence-electron chi connectivity index (χ0n) is 9.59. The number of ketones is 1. The Hall–Kier alpha value is -1.57. The number of hydrogen-bond donors (Lipinski definition) is 1. The van der Waals surface area contributed by atoms with Crippen molar-refractivity contribution in [3.63, 3.8) is 0 Å². The molecule has 2 heteroatoms. The Morgan fingerprint density at radius 2 is 1.87 bits per heavy atom. The van der Waals surface area contributed by atoms with Gasteiger partial charge < -0.3 is 5.11 Å². The number of phenols is 1. The number of allylic oxidation sites excluding steroid dienone is 1. The molecule has 1 aromatic rings. The molecule has 0 unspecified atom stereocenters. The van der Waals surface area contributed by atoms with Crippen LogP contribution in [0.3, 0.4) is 0 Å². The second-order valence-electron chi connectivity index (χ2n) is 3.84. The SMILES string of the molecule is CC(=O)/C=C/c1c(C)cc(C)c(O)c1C. The van der Waals surface area contributed by atoms with Gasteiger partial charge in [-0.3, -0.25) is 4.79 Å². The van der Waals surface area contributed by atoms with Crippen LogP contribution < -0.4 is 0 Å². The van der Waals surface area contributed by atoms with Crippen molar-refractivity contribution in [1.82, 2.24) is 0 Å². The van der Waals surface area contributed by atoms with Crippen molar-refractivity contribution in [2.24, 2.45) is 0 Å². The predicted molar refractivity (Wildman–Crippen MR) is 62.0 cm³/mol. The molecule has 15 heavy (non-hydrogen) atoms. The minimum atomic E-state index is 0.00821. The van der Waals surface area contributed by atoms with Crippen molar-refractivity contribution in [1.29, 1.82) is 0 Å². The molecule has 0 aromatic heterocycles. The zero-order valence-corrected chi connectivity index (χ0v) is 9.59. The second-order valence-corrected chi connectivity index (χ2v) is 3.84. The third kappa shape index (κ3) is 2.46. The van der Waals surface area contributed by atoms with E-state index in [1.165, 1.54) is 13.0 Å². The first-order valence-corrected chi connectivity index (χ1v) is 4.92. The largest absolute Gasteiger partial charge is 0.507 e. The van der Waals surface area contributed by atoms with Crippen molar-refractivity contribution in [2.75, 3.05) is 0 Å². The predicted octanol–water partition coefficient (Wildman–Crippen LogP) is 2.92. The van der Waals surface area contributed by atoms with Gasteiger partial charge in [-0.05, 0) is 56.0 Å². The Labute approximate surface area is 90.3 Å². The number of hydrogen-bond acceptors (Lipinski definition) is 2. The maximum absolute atomic E-state index is 10.8. The summed E-state index contributed by atoms with van der Waals surface area (Å²) in [6.45, 7) is 7.21. The molecule has 0 aliphatic carbocycles. The third-order valence-corrected chi connectivity index (χ3v) is 2.48. The topological polar surface area (TPSA) is 37.3 Å². The van der Waals surface area contributed by atoms with Gasteiger partial charge in [-0.2, -0.15) is 0 Å². The molecule has 1 rings (SSSR count). The number of carbonyl (C=O) groups excluding carboxylic acids is 1. The van der Waals surface area contributed by atoms with Crippen molar-refractivity contribution < 1.29 is 9.90 Å². The Kier molecular flexibility index (Phi) is 3.30. The molecule has 80 valence electrons. The summed E-state index contributed by atoms with van der Waals surface area (Å²) in [6, 6.07) is 1.92. The lowest BCUT2D eigenvalue weighted by molar-refractivity contribution is -0.112. The molecular weight excluding hydrogens is 188 g/mol. The molecule has 0 fully saturated rings. The average molecular weight is 204 g/mol. The molecular formula is C13H16O2. The molecule has 0 amide bonds. The van der Waals surface area contributed by atoms with Crippen LogP contribution in [0, 0.1) is 20.8 Å². The summed E-state index contributed by atoms with van der Waals surface area (Å²) in [5.74, 6) is 0.317. The van der Waals surface area contributed by atoms with E-state index < -0.39 is 0 Å². The summed E-state index contributed by atoms with van der Waals surface area (Å²) in [4.78, 5) is 10.8. The molecule has 0 atom stereocenters. The number of aryl methyl sites for hydroxylation is 2. The first-order chi connectivity index (χ1) is 6.93. The fourth-order valence-electron chi connectivity index (χ4n) is 1.65. The van der Waals surface area contributed by atoms with Gasteiger partial charge in [-0.1, -0.05) is 12.1 Å². The highest BCUT2D eigenvalue weighted by Gasteiger charge is 2.07. The summed E-state index contributed by atoms with van der Waals surface area (Å²) in [6.07, 6.45) is 3.27. The van der Waals surface area contributed by atoms with E-state index in [4.69, 9.17) is 0 Å². The van der Waals surface area contributed by atoms with E-state index in [1.54, 1.807) is 6.08 Å². The van der Waals surface area contributed by atoms with Crippen LogP contribution in [-0.2, 0) is 4.79 Å². The number of aromatic hydroxyl groups is 1. The summed E-state index contributed by atoms with van der Waals surface area (Å²) in [5.41, 5.74) is 3.68. The normalized spacial score (nSPS) is 10.9. The Morgan fingerprint density at radius 3 is 2.40 bits per heavy atom. The van der Waals surface area contributed by atoms with Crippen LogP contribution in [0.2, 0.25) is 0 Å². The standard InChI is InChI=1S/C13H16O2/c1-8-7-9(2)13(15)11(4)12(8)6-5-10(3)14/h5-7,15H,1-4H3/b6-5+. The van der Waals surface area contributed by atoms with E-state index in [1.807, 2.05) is 26.8 Å². The monoisotopic (exact) mass is 204 g/mol. The molecule has 0 bridgehead atoms. The quantitative estimate of drug-likeness (QED) is 0.752. The van der Waals surface area contributed by atoms with Crippen molar-refractivity contribution in [3.05, 3.63) is 34.4 Å². The number of rotatable bonds is 2. The first kappa shape index (κ1) is 11.5. The molecule has 0 aliphatic heterocycles. The van der Waals surface area contributed by atoms with E-state index in [0.717, 1.165) is 22.3 Å². The van der Waals surface area contributed by atoms with E-state index in [0.29, 0.717) is 5.75 Å². The third-order valence-electron chi connectivity index (χ3n) is 2.48. The minimum absolute atomic E-state index is 0.00821. The van der Waals surface area contributed by atoms with Crippen LogP contribution in [0.4, 0.5) is 0 Å². The van der Waals surface area contributed by atoms with Crippen LogP contribution in [0.15, 0.2) is 12.1 Å². The fraction of sp³-hybridized carbons (Fsp3) is 0.308. The lowest BCUT2D eigenvalue weighted by Gasteiger charge is -2.10. The van der Waals surface area contributed by atoms with Gasteiger partial charge in [0.05, 0.1) is 0 Å². The van der Waals surface area contributed by atoms with Gasteiger partial charge in [0.25, 0.3) is 0 Å². The summed E-state index contributed by atoms with van der Waals surface area (Å²) >= 11 is 0. The van der Waals surface area contributed by atoms with E-state index in [9.17, 15) is 9.90 Å². The number of carbonyl (C=O) groups is 1. The average Bonchev–Trinajstić information content (AvgIpc) is 2.14. The fourth-order valence-corrected chi connectivity index (χ4v) is 1.65. The van der Waals surface area contributed by atoms with Gasteiger partial charge in [0.2, 0.25) is 0 Å². The van der Waals surface area contributed by atoms with Gasteiger partial charge in [0.1, 0.15) is 5.75 Å². The molecule has 2 nitrogen and oxygen atoms in total. The van der Waals surface area contributed by atoms with Gasteiger partial charge >= 0.3 is 0 Å². The van der Waals surface area contributed by atoms with Crippen LogP contribution in [-0.4, -0.2) is 10.9 Å². The Morgan fingerprint density at radius 1 is 1.27 bits per heavy atom. The molecule has 0 spiro atoms. The van der Waals surface area contributed by atoms with E-state index in [2.05, 4.69) is 0 Å². The molecule has 0 radical (unpaired) electrons. The van der Waals surface area contributed by atoms with Crippen LogP contribution in [0.1, 0.15) is 29.2 Å². The highest BCUT2D eigenvalue weighted by Crippen LogP contribution is 2.28. The van der Waals surface area contributed by atoms with Gasteiger partial charge in [0, 0.05) is 0 Å². The number of benzene rings is 1. The zero-order chi connectivity index (χ0) is 11.6. The lowest BCUT2D eigenvalue weighted by atomic mass is 9.98. The summed E-state index contributed by atoms with van der Waals surface area (Å²) in [7, 11) is 0. The molecule has 0 heterocycles. The van der Waals surface area contributed by atoms with Crippen molar-refractivity contribution in [3.8, 4) is 5.75 Å². The first-order valence-electron chi connectivity index (χ1n) is 4.92. The smallest absolute Gasteiger partial charge is 0.152 e. The van der Waals surface area contributed by atoms with Crippen LogP contribution >= 0.6 is 0 Å². The lowest BCUT2D eigenvalue weighted by Crippen LogP contribution is -1.91. The van der Waals surface area contributed by atoms with Gasteiger partial charge in [-0.15, -0.1) is 0 Å². The number of phenolic OH excluding ortho intramolecular Hbond substituents is 1. The van der Waals surface area contributed by atoms with Crippen LogP contribution in [0.5, 0.6) is 5.75 Å². The highest BCUT2D eigenvalue weighted by atomic mass is 16.3. The molecule has 0 saturated heterocycles. The highest BCUT2D eigenvalue weighted by molar-refractivity contribution is 5.92. The Bertz CT molecular complexity index is 429. The maximum atomic E-state index is 10.8. The summed E-state index contributed by atoms with van der Waals surface area (Å²) in [5, 5.41) is 9.76.